The third-order valence-electron chi connectivity index (χ3n) is 4.94. The highest BCUT2D eigenvalue weighted by atomic mass is 16.5. The number of carbonyl (C=O) groups is 3. The zero-order chi connectivity index (χ0) is 16.4. The molecule has 0 aromatic carbocycles. The molecular weight excluding hydrogens is 298 g/mol. The van der Waals surface area contributed by atoms with E-state index in [1.165, 1.54) is 12.8 Å². The van der Waals surface area contributed by atoms with Crippen molar-refractivity contribution in [2.24, 2.45) is 11.8 Å². The predicted molar refractivity (Wildman–Crippen MR) is 82.4 cm³/mol. The molecule has 3 amide bonds. The minimum atomic E-state index is -0.256. The van der Waals surface area contributed by atoms with E-state index in [9.17, 15) is 14.4 Å². The Morgan fingerprint density at radius 1 is 1.26 bits per heavy atom. The summed E-state index contributed by atoms with van der Waals surface area (Å²) in [7, 11) is 1.59. The molecule has 0 spiro atoms. The van der Waals surface area contributed by atoms with Crippen LogP contribution in [0.3, 0.4) is 0 Å². The monoisotopic (exact) mass is 323 g/mol. The third-order valence-corrected chi connectivity index (χ3v) is 4.94. The normalized spacial score (nSPS) is 24.7. The van der Waals surface area contributed by atoms with Crippen LogP contribution < -0.4 is 5.32 Å². The molecule has 7 heteroatoms. The Kier molecular flexibility index (Phi) is 4.84. The molecule has 128 valence electrons. The molecule has 23 heavy (non-hydrogen) atoms. The molecule has 7 nitrogen and oxygen atoms in total. The second-order valence-electron chi connectivity index (χ2n) is 6.78. The Bertz CT molecular complexity index is 486. The van der Waals surface area contributed by atoms with Crippen LogP contribution in [0.4, 0.5) is 0 Å². The highest BCUT2D eigenvalue weighted by Gasteiger charge is 2.43. The molecule has 3 rings (SSSR count). The molecule has 1 aliphatic carbocycles. The highest BCUT2D eigenvalue weighted by molar-refractivity contribution is 5.89. The van der Waals surface area contributed by atoms with Crippen LogP contribution in [0.1, 0.15) is 25.7 Å². The van der Waals surface area contributed by atoms with Crippen molar-refractivity contribution >= 4 is 17.7 Å². The van der Waals surface area contributed by atoms with Crippen molar-refractivity contribution in [3.05, 3.63) is 0 Å². The molecular formula is C16H25N3O4. The second kappa shape index (κ2) is 6.86. The first-order valence-electron chi connectivity index (χ1n) is 8.45. The van der Waals surface area contributed by atoms with Crippen molar-refractivity contribution in [1.82, 2.24) is 15.1 Å². The van der Waals surface area contributed by atoms with Gasteiger partial charge < -0.3 is 19.9 Å². The number of ether oxygens (including phenoxy) is 1. The number of hydrogen-bond acceptors (Lipinski definition) is 4. The quantitative estimate of drug-likeness (QED) is 0.647. The average molecular weight is 323 g/mol. The molecule has 0 aromatic heterocycles. The molecule has 1 atom stereocenters. The van der Waals surface area contributed by atoms with Gasteiger partial charge in [-0.15, -0.1) is 0 Å². The lowest BCUT2D eigenvalue weighted by atomic mass is 10.1. The van der Waals surface area contributed by atoms with Crippen molar-refractivity contribution in [2.75, 3.05) is 39.9 Å². The van der Waals surface area contributed by atoms with Gasteiger partial charge in [-0.2, -0.15) is 0 Å². The van der Waals surface area contributed by atoms with Crippen molar-refractivity contribution in [2.45, 2.75) is 31.7 Å². The fourth-order valence-corrected chi connectivity index (χ4v) is 3.17. The largest absolute Gasteiger partial charge is 0.381 e. The van der Waals surface area contributed by atoms with Crippen molar-refractivity contribution < 1.29 is 19.1 Å². The predicted octanol–water partition coefficient (Wildman–Crippen LogP) is -0.392. The van der Waals surface area contributed by atoms with Crippen LogP contribution >= 0.6 is 0 Å². The zero-order valence-electron chi connectivity index (χ0n) is 13.6. The van der Waals surface area contributed by atoms with Crippen molar-refractivity contribution in [1.29, 1.82) is 0 Å². The Morgan fingerprint density at radius 3 is 2.65 bits per heavy atom. The summed E-state index contributed by atoms with van der Waals surface area (Å²) in [6.45, 7) is 2.88. The molecule has 1 unspecified atom stereocenters. The third kappa shape index (κ3) is 3.83. The number of rotatable bonds is 7. The van der Waals surface area contributed by atoms with E-state index in [0.717, 1.165) is 6.61 Å². The Labute approximate surface area is 136 Å². The smallest absolute Gasteiger partial charge is 0.225 e. The highest BCUT2D eigenvalue weighted by Crippen LogP contribution is 2.29. The fourth-order valence-electron chi connectivity index (χ4n) is 3.17. The SMILES string of the molecule is CNC(=O)C1CC(=O)N(C2CN(C(=O)CCOCC3CC3)C2)C1. The maximum atomic E-state index is 12.0. The number of hydrogen-bond donors (Lipinski definition) is 1. The Hall–Kier alpha value is -1.63. The number of nitrogens with zero attached hydrogens (tertiary/aromatic N) is 2. The van der Waals surface area contributed by atoms with Crippen LogP contribution in [0, 0.1) is 11.8 Å². The van der Waals surface area contributed by atoms with Gasteiger partial charge in [-0.3, -0.25) is 14.4 Å². The summed E-state index contributed by atoms with van der Waals surface area (Å²) in [5.41, 5.74) is 0. The van der Waals surface area contributed by atoms with Gasteiger partial charge in [-0.05, 0) is 18.8 Å². The van der Waals surface area contributed by atoms with Gasteiger partial charge in [0, 0.05) is 39.7 Å². The zero-order valence-corrected chi connectivity index (χ0v) is 13.6. The molecule has 2 heterocycles. The summed E-state index contributed by atoms with van der Waals surface area (Å²) in [6, 6.07) is 0.0634. The van der Waals surface area contributed by atoms with E-state index in [2.05, 4.69) is 5.32 Å². The molecule has 3 fully saturated rings. The first kappa shape index (κ1) is 16.2. The molecule has 2 saturated heterocycles. The van der Waals surface area contributed by atoms with Crippen LogP contribution in [0.2, 0.25) is 0 Å². The van der Waals surface area contributed by atoms with E-state index in [-0.39, 0.29) is 36.1 Å². The van der Waals surface area contributed by atoms with E-state index < -0.39 is 0 Å². The lowest BCUT2D eigenvalue weighted by Gasteiger charge is -2.44. The fraction of sp³-hybridized carbons (Fsp3) is 0.812. The second-order valence-corrected chi connectivity index (χ2v) is 6.78. The van der Waals surface area contributed by atoms with E-state index in [1.807, 2.05) is 0 Å². The van der Waals surface area contributed by atoms with Gasteiger partial charge in [0.1, 0.15) is 0 Å². The minimum Gasteiger partial charge on any atom is -0.381 e. The summed E-state index contributed by atoms with van der Waals surface area (Å²) in [5, 5.41) is 2.59. The standard InChI is InChI=1S/C16H25N3O4/c1-17-16(22)12-6-15(21)19(7-12)13-8-18(9-13)14(20)4-5-23-10-11-2-3-11/h11-13H,2-10H2,1H3,(H,17,22). The maximum absolute atomic E-state index is 12.0. The number of carbonyl (C=O) groups excluding carboxylic acids is 3. The van der Waals surface area contributed by atoms with Crippen LogP contribution in [0.5, 0.6) is 0 Å². The van der Waals surface area contributed by atoms with Crippen molar-refractivity contribution in [3.8, 4) is 0 Å². The summed E-state index contributed by atoms with van der Waals surface area (Å²) >= 11 is 0. The van der Waals surface area contributed by atoms with E-state index >= 15 is 0 Å². The first-order valence-corrected chi connectivity index (χ1v) is 8.45. The minimum absolute atomic E-state index is 0.0171. The van der Waals surface area contributed by atoms with Gasteiger partial charge in [0.15, 0.2) is 0 Å². The molecule has 2 aliphatic heterocycles. The topological polar surface area (TPSA) is 79.0 Å². The van der Waals surface area contributed by atoms with Crippen LogP contribution in [-0.4, -0.2) is 73.5 Å². The number of likely N-dealkylation sites (tertiary alicyclic amines) is 2. The van der Waals surface area contributed by atoms with E-state index in [1.54, 1.807) is 16.8 Å². The van der Waals surface area contributed by atoms with Crippen LogP contribution in [0.15, 0.2) is 0 Å². The summed E-state index contributed by atoms with van der Waals surface area (Å²) < 4.78 is 5.49. The number of nitrogens with one attached hydrogen (secondary N) is 1. The van der Waals surface area contributed by atoms with Gasteiger partial charge >= 0.3 is 0 Å². The molecule has 3 aliphatic rings. The Balaban J connectivity index is 1.35. The van der Waals surface area contributed by atoms with Gasteiger partial charge in [0.2, 0.25) is 17.7 Å². The molecule has 0 aromatic rings. The summed E-state index contributed by atoms with van der Waals surface area (Å²) in [6.07, 6.45) is 3.19. The van der Waals surface area contributed by atoms with Gasteiger partial charge in [-0.25, -0.2) is 0 Å². The summed E-state index contributed by atoms with van der Waals surface area (Å²) in [5.74, 6) is 0.483. The Morgan fingerprint density at radius 2 is 2.00 bits per heavy atom. The number of amides is 3. The molecule has 0 bridgehead atoms. The maximum Gasteiger partial charge on any atom is 0.225 e. The van der Waals surface area contributed by atoms with Gasteiger partial charge in [0.05, 0.1) is 25.0 Å². The molecule has 0 radical (unpaired) electrons. The van der Waals surface area contributed by atoms with Crippen LogP contribution in [-0.2, 0) is 19.1 Å². The van der Waals surface area contributed by atoms with Gasteiger partial charge in [0.25, 0.3) is 0 Å². The van der Waals surface area contributed by atoms with E-state index in [4.69, 9.17) is 4.74 Å². The first-order chi connectivity index (χ1) is 11.1. The lowest BCUT2D eigenvalue weighted by molar-refractivity contribution is -0.145. The van der Waals surface area contributed by atoms with Gasteiger partial charge in [-0.1, -0.05) is 0 Å². The lowest BCUT2D eigenvalue weighted by Crippen LogP contribution is -2.61. The van der Waals surface area contributed by atoms with E-state index in [0.29, 0.717) is 38.6 Å². The summed E-state index contributed by atoms with van der Waals surface area (Å²) in [4.78, 5) is 39.2. The molecule has 1 N–H and O–H groups in total. The molecule has 1 saturated carbocycles. The van der Waals surface area contributed by atoms with Crippen LogP contribution in [0.25, 0.3) is 0 Å². The van der Waals surface area contributed by atoms with Crippen molar-refractivity contribution in [3.63, 3.8) is 0 Å². The average Bonchev–Trinajstić information content (AvgIpc) is 3.24.